The van der Waals surface area contributed by atoms with Gasteiger partial charge in [0.05, 0.1) is 19.9 Å². The summed E-state index contributed by atoms with van der Waals surface area (Å²) in [6.45, 7) is 3.07. The van der Waals surface area contributed by atoms with Crippen LogP contribution in [0.4, 0.5) is 0 Å². The van der Waals surface area contributed by atoms with Crippen LogP contribution in [0.5, 0.6) is 5.75 Å². The van der Waals surface area contributed by atoms with Gasteiger partial charge in [-0.25, -0.2) is 0 Å². The number of hydrogen-bond acceptors (Lipinski definition) is 4. The van der Waals surface area contributed by atoms with Crippen LogP contribution in [0.25, 0.3) is 11.3 Å². The minimum Gasteiger partial charge on any atom is -0.497 e. The summed E-state index contributed by atoms with van der Waals surface area (Å²) in [5.74, 6) is 3.06. The number of rotatable bonds is 6. The Morgan fingerprint density at radius 1 is 1.28 bits per heavy atom. The fourth-order valence-electron chi connectivity index (χ4n) is 1.60. The van der Waals surface area contributed by atoms with Crippen molar-refractivity contribution in [3.63, 3.8) is 0 Å². The van der Waals surface area contributed by atoms with E-state index in [4.69, 9.17) is 4.74 Å². The molecule has 18 heavy (non-hydrogen) atoms. The van der Waals surface area contributed by atoms with Crippen molar-refractivity contribution >= 4 is 11.8 Å². The number of thioether (sulfide) groups is 1. The number of methoxy groups -OCH3 is 1. The maximum atomic E-state index is 5.13. The third-order valence-electron chi connectivity index (χ3n) is 2.59. The van der Waals surface area contributed by atoms with E-state index in [0.717, 1.165) is 35.1 Å². The predicted molar refractivity (Wildman–Crippen MR) is 75.0 cm³/mol. The van der Waals surface area contributed by atoms with Gasteiger partial charge in [0.1, 0.15) is 11.4 Å². The molecule has 1 aromatic heterocycles. The first-order valence-corrected chi connectivity index (χ1v) is 7.11. The molecule has 2 rings (SSSR count). The molecule has 0 aliphatic rings. The van der Waals surface area contributed by atoms with Gasteiger partial charge in [-0.1, -0.05) is 12.1 Å². The van der Waals surface area contributed by atoms with Crippen LogP contribution in [0, 0.1) is 0 Å². The van der Waals surface area contributed by atoms with Gasteiger partial charge in [-0.15, -0.1) is 5.10 Å². The van der Waals surface area contributed by atoms with Crippen molar-refractivity contribution in [3.8, 4) is 17.0 Å². The lowest BCUT2D eigenvalue weighted by Gasteiger charge is -2.00. The topological polar surface area (TPSA) is 39.9 Å². The summed E-state index contributed by atoms with van der Waals surface area (Å²) in [6.07, 6.45) is 1.98. The quantitative estimate of drug-likeness (QED) is 0.751. The fraction of sp³-hybridized carbons (Fsp3) is 0.385. The van der Waals surface area contributed by atoms with Crippen molar-refractivity contribution in [2.75, 3.05) is 18.6 Å². The largest absolute Gasteiger partial charge is 0.497 e. The van der Waals surface area contributed by atoms with Gasteiger partial charge in [0, 0.05) is 11.3 Å². The van der Waals surface area contributed by atoms with E-state index >= 15 is 0 Å². The highest BCUT2D eigenvalue weighted by atomic mass is 32.2. The van der Waals surface area contributed by atoms with Crippen LogP contribution in [0.15, 0.2) is 30.5 Å². The summed E-state index contributed by atoms with van der Waals surface area (Å²) in [6, 6.07) is 7.85. The molecular weight excluding hydrogens is 246 g/mol. The molecule has 0 aliphatic carbocycles. The van der Waals surface area contributed by atoms with Gasteiger partial charge in [0.25, 0.3) is 0 Å². The number of nitrogens with zero attached hydrogens (tertiary/aromatic N) is 3. The van der Waals surface area contributed by atoms with Crippen molar-refractivity contribution in [2.24, 2.45) is 0 Å². The van der Waals surface area contributed by atoms with E-state index in [1.165, 1.54) is 0 Å². The summed E-state index contributed by atoms with van der Waals surface area (Å²) in [5.41, 5.74) is 1.96. The van der Waals surface area contributed by atoms with Gasteiger partial charge in [0.2, 0.25) is 0 Å². The van der Waals surface area contributed by atoms with Crippen LogP contribution in [-0.4, -0.2) is 33.6 Å². The van der Waals surface area contributed by atoms with Crippen LogP contribution in [0.3, 0.4) is 0 Å². The fourth-order valence-corrected chi connectivity index (χ4v) is 2.21. The maximum absolute atomic E-state index is 5.13. The Labute approximate surface area is 111 Å². The minimum atomic E-state index is 0.852. The van der Waals surface area contributed by atoms with Crippen LogP contribution in [0.2, 0.25) is 0 Å². The van der Waals surface area contributed by atoms with Crippen LogP contribution >= 0.6 is 11.8 Å². The van der Waals surface area contributed by atoms with Gasteiger partial charge in [-0.05, 0) is 30.0 Å². The zero-order chi connectivity index (χ0) is 12.8. The second-order valence-electron chi connectivity index (χ2n) is 3.79. The molecule has 1 aromatic carbocycles. The number of ether oxygens (including phenoxy) is 1. The molecule has 96 valence electrons. The van der Waals surface area contributed by atoms with Crippen molar-refractivity contribution in [1.82, 2.24) is 15.0 Å². The molecule has 4 nitrogen and oxygen atoms in total. The van der Waals surface area contributed by atoms with E-state index in [1.54, 1.807) is 7.11 Å². The molecule has 0 amide bonds. The first-order valence-electron chi connectivity index (χ1n) is 5.95. The lowest BCUT2D eigenvalue weighted by atomic mass is 10.2. The van der Waals surface area contributed by atoms with E-state index in [1.807, 2.05) is 46.9 Å². The Kier molecular flexibility index (Phi) is 4.64. The number of benzene rings is 1. The molecule has 0 spiro atoms. The molecule has 0 fully saturated rings. The van der Waals surface area contributed by atoms with Gasteiger partial charge in [-0.2, -0.15) is 11.8 Å². The lowest BCUT2D eigenvalue weighted by Crippen LogP contribution is -2.01. The smallest absolute Gasteiger partial charge is 0.118 e. The Hall–Kier alpha value is -1.49. The summed E-state index contributed by atoms with van der Waals surface area (Å²) in [7, 11) is 1.66. The lowest BCUT2D eigenvalue weighted by molar-refractivity contribution is 0.415. The third-order valence-corrected chi connectivity index (χ3v) is 3.47. The second kappa shape index (κ2) is 6.44. The Morgan fingerprint density at radius 3 is 2.72 bits per heavy atom. The molecule has 0 radical (unpaired) electrons. The van der Waals surface area contributed by atoms with E-state index in [2.05, 4.69) is 17.2 Å². The monoisotopic (exact) mass is 263 g/mol. The Morgan fingerprint density at radius 2 is 2.06 bits per heavy atom. The molecule has 0 aliphatic heterocycles. The molecule has 2 aromatic rings. The minimum absolute atomic E-state index is 0.852. The van der Waals surface area contributed by atoms with E-state index in [-0.39, 0.29) is 0 Å². The zero-order valence-electron chi connectivity index (χ0n) is 10.7. The molecular formula is C13H17N3OS. The van der Waals surface area contributed by atoms with E-state index in [9.17, 15) is 0 Å². The van der Waals surface area contributed by atoms with Crippen molar-refractivity contribution in [3.05, 3.63) is 30.5 Å². The SMILES string of the molecule is CCSCCn1cc(-c2ccc(OC)cc2)nn1. The van der Waals surface area contributed by atoms with Crippen molar-refractivity contribution in [1.29, 1.82) is 0 Å². The van der Waals surface area contributed by atoms with E-state index in [0.29, 0.717) is 0 Å². The van der Waals surface area contributed by atoms with Gasteiger partial charge < -0.3 is 4.74 Å². The standard InChI is InChI=1S/C13H17N3OS/c1-3-18-9-8-16-10-13(14-15-16)11-4-6-12(17-2)7-5-11/h4-7,10H,3,8-9H2,1-2H3. The summed E-state index contributed by atoms with van der Waals surface area (Å²) in [4.78, 5) is 0. The molecule has 0 atom stereocenters. The Balaban J connectivity index is 2.04. The van der Waals surface area contributed by atoms with Crippen LogP contribution in [0.1, 0.15) is 6.92 Å². The van der Waals surface area contributed by atoms with Crippen molar-refractivity contribution < 1.29 is 4.74 Å². The second-order valence-corrected chi connectivity index (χ2v) is 5.19. The first kappa shape index (κ1) is 13.0. The molecule has 0 saturated carbocycles. The van der Waals surface area contributed by atoms with Gasteiger partial charge in [-0.3, -0.25) is 4.68 Å². The average molecular weight is 263 g/mol. The van der Waals surface area contributed by atoms with Crippen LogP contribution in [-0.2, 0) is 6.54 Å². The molecule has 1 heterocycles. The number of aromatic nitrogens is 3. The highest BCUT2D eigenvalue weighted by Crippen LogP contribution is 2.19. The molecule has 0 unspecified atom stereocenters. The van der Waals surface area contributed by atoms with E-state index < -0.39 is 0 Å². The summed E-state index contributed by atoms with van der Waals surface area (Å²) >= 11 is 1.91. The highest BCUT2D eigenvalue weighted by molar-refractivity contribution is 7.99. The highest BCUT2D eigenvalue weighted by Gasteiger charge is 2.03. The average Bonchev–Trinajstić information content (AvgIpc) is 2.88. The van der Waals surface area contributed by atoms with Crippen LogP contribution < -0.4 is 4.74 Å². The summed E-state index contributed by atoms with van der Waals surface area (Å²) in [5, 5.41) is 8.31. The summed E-state index contributed by atoms with van der Waals surface area (Å²) < 4.78 is 7.02. The molecule has 0 bridgehead atoms. The molecule has 0 saturated heterocycles. The zero-order valence-corrected chi connectivity index (χ0v) is 11.5. The van der Waals surface area contributed by atoms with Crippen molar-refractivity contribution in [2.45, 2.75) is 13.5 Å². The molecule has 0 N–H and O–H groups in total. The number of aryl methyl sites for hydroxylation is 1. The first-order chi connectivity index (χ1) is 8.83. The predicted octanol–water partition coefficient (Wildman–Crippen LogP) is 2.71. The number of hydrogen-bond donors (Lipinski definition) is 0. The Bertz CT molecular complexity index is 481. The normalized spacial score (nSPS) is 10.6. The van der Waals surface area contributed by atoms with Gasteiger partial charge >= 0.3 is 0 Å². The third kappa shape index (κ3) is 3.26. The molecule has 5 heteroatoms. The maximum Gasteiger partial charge on any atom is 0.118 e. The van der Waals surface area contributed by atoms with Gasteiger partial charge in [0.15, 0.2) is 0 Å².